The Labute approximate surface area is 104 Å². The maximum Gasteiger partial charge on any atom is 0.0858 e. The number of hydrogen-bond donors (Lipinski definition) is 0. The van der Waals surface area contributed by atoms with Crippen LogP contribution in [-0.2, 0) is 0 Å². The number of hydrogen-bond acceptors (Lipinski definition) is 2. The second-order valence-corrected chi connectivity index (χ2v) is 4.03. The molecule has 0 N–H and O–H groups in total. The van der Waals surface area contributed by atoms with E-state index < -0.39 is 0 Å². The van der Waals surface area contributed by atoms with Crippen LogP contribution in [0.15, 0.2) is 58.8 Å². The first-order valence-electron chi connectivity index (χ1n) is 4.67. The van der Waals surface area contributed by atoms with Gasteiger partial charge in [0.1, 0.15) is 0 Å². The van der Waals surface area contributed by atoms with Crippen LogP contribution >= 0.6 is 23.2 Å². The molecule has 0 amide bonds. The molecule has 0 aromatic heterocycles. The first-order chi connectivity index (χ1) is 7.74. The van der Waals surface area contributed by atoms with Crippen LogP contribution in [0, 0.1) is 0 Å². The zero-order valence-corrected chi connectivity index (χ0v) is 9.78. The molecule has 0 heterocycles. The maximum absolute atomic E-state index is 5.76. The molecule has 2 aromatic carbocycles. The van der Waals surface area contributed by atoms with Crippen LogP contribution in [0.1, 0.15) is 0 Å². The van der Waals surface area contributed by atoms with E-state index >= 15 is 0 Å². The lowest BCUT2D eigenvalue weighted by Crippen LogP contribution is -1.65. The Morgan fingerprint density at radius 3 is 1.19 bits per heavy atom. The van der Waals surface area contributed by atoms with E-state index in [1.165, 1.54) is 0 Å². The minimum Gasteiger partial charge on any atom is -0.151 e. The third kappa shape index (κ3) is 3.05. The zero-order valence-electron chi connectivity index (χ0n) is 8.27. The zero-order chi connectivity index (χ0) is 11.4. The summed E-state index contributed by atoms with van der Waals surface area (Å²) in [6.07, 6.45) is 0. The van der Waals surface area contributed by atoms with E-state index in [2.05, 4.69) is 10.2 Å². The van der Waals surface area contributed by atoms with Crippen LogP contribution in [0.5, 0.6) is 0 Å². The monoisotopic (exact) mass is 250 g/mol. The van der Waals surface area contributed by atoms with Crippen LogP contribution in [0.25, 0.3) is 0 Å². The summed E-state index contributed by atoms with van der Waals surface area (Å²) in [6.45, 7) is 0. The van der Waals surface area contributed by atoms with Crippen LogP contribution in [0.3, 0.4) is 0 Å². The van der Waals surface area contributed by atoms with E-state index in [4.69, 9.17) is 23.2 Å². The lowest BCUT2D eigenvalue weighted by Gasteiger charge is -1.94. The Morgan fingerprint density at radius 1 is 0.562 bits per heavy atom. The van der Waals surface area contributed by atoms with Crippen molar-refractivity contribution in [3.8, 4) is 0 Å². The average molecular weight is 251 g/mol. The summed E-state index contributed by atoms with van der Waals surface area (Å²) in [6, 6.07) is 14.3. The fraction of sp³-hybridized carbons (Fsp3) is 0. The molecule has 2 aromatic rings. The van der Waals surface area contributed by atoms with Crippen molar-refractivity contribution < 1.29 is 0 Å². The predicted octanol–water partition coefficient (Wildman–Crippen LogP) is 5.41. The molecule has 16 heavy (non-hydrogen) atoms. The van der Waals surface area contributed by atoms with Gasteiger partial charge in [-0.1, -0.05) is 23.2 Å². The summed E-state index contributed by atoms with van der Waals surface area (Å²) in [5, 5.41) is 9.51. The average Bonchev–Trinajstić information content (AvgIpc) is 2.30. The number of rotatable bonds is 2. The summed E-state index contributed by atoms with van der Waals surface area (Å²) < 4.78 is 0. The molecule has 0 unspecified atom stereocenters. The van der Waals surface area contributed by atoms with Crippen LogP contribution < -0.4 is 0 Å². The van der Waals surface area contributed by atoms with Gasteiger partial charge in [-0.05, 0) is 48.5 Å². The van der Waals surface area contributed by atoms with Gasteiger partial charge in [0, 0.05) is 10.0 Å². The summed E-state index contributed by atoms with van der Waals surface area (Å²) in [4.78, 5) is 0. The third-order valence-corrected chi connectivity index (χ3v) is 2.44. The fourth-order valence-electron chi connectivity index (χ4n) is 1.13. The van der Waals surface area contributed by atoms with E-state index in [0.717, 1.165) is 11.4 Å². The lowest BCUT2D eigenvalue weighted by atomic mass is 10.3. The second-order valence-electron chi connectivity index (χ2n) is 3.15. The van der Waals surface area contributed by atoms with Crippen molar-refractivity contribution in [1.29, 1.82) is 0 Å². The summed E-state index contributed by atoms with van der Waals surface area (Å²) in [5.74, 6) is 0. The van der Waals surface area contributed by atoms with Gasteiger partial charge >= 0.3 is 0 Å². The molecule has 0 aliphatic rings. The highest BCUT2D eigenvalue weighted by Gasteiger charge is 1.91. The first kappa shape index (κ1) is 11.1. The van der Waals surface area contributed by atoms with Crippen LogP contribution in [0.2, 0.25) is 10.0 Å². The Kier molecular flexibility index (Phi) is 3.54. The third-order valence-electron chi connectivity index (χ3n) is 1.93. The van der Waals surface area contributed by atoms with Crippen LogP contribution in [-0.4, -0.2) is 0 Å². The van der Waals surface area contributed by atoms with Crippen molar-refractivity contribution in [1.82, 2.24) is 0 Å². The molecule has 0 fully saturated rings. The Morgan fingerprint density at radius 2 is 0.875 bits per heavy atom. The highest BCUT2D eigenvalue weighted by Crippen LogP contribution is 2.21. The summed E-state index contributed by atoms with van der Waals surface area (Å²) >= 11 is 11.5. The molecule has 0 saturated carbocycles. The van der Waals surface area contributed by atoms with Gasteiger partial charge in [0.2, 0.25) is 0 Å². The van der Waals surface area contributed by atoms with Crippen molar-refractivity contribution in [2.75, 3.05) is 0 Å². The second kappa shape index (κ2) is 5.10. The molecule has 0 aliphatic carbocycles. The lowest BCUT2D eigenvalue weighted by molar-refractivity contribution is 1.23. The highest BCUT2D eigenvalue weighted by atomic mass is 35.5. The molecule has 0 atom stereocenters. The number of azo groups is 1. The van der Waals surface area contributed by atoms with Gasteiger partial charge in [0.15, 0.2) is 0 Å². The fourth-order valence-corrected chi connectivity index (χ4v) is 1.38. The Balaban J connectivity index is 2.15. The molecule has 2 rings (SSSR count). The van der Waals surface area contributed by atoms with Crippen LogP contribution in [0.4, 0.5) is 11.4 Å². The SMILES string of the molecule is Clc1ccc(/N=N/c2ccc(Cl)cc2)cc1. The number of nitrogens with zero attached hydrogens (tertiary/aromatic N) is 2. The van der Waals surface area contributed by atoms with Gasteiger partial charge in [-0.25, -0.2) is 0 Å². The molecule has 0 bridgehead atoms. The summed E-state index contributed by atoms with van der Waals surface area (Å²) in [7, 11) is 0. The van der Waals surface area contributed by atoms with Gasteiger partial charge in [0.25, 0.3) is 0 Å². The van der Waals surface area contributed by atoms with Crippen molar-refractivity contribution in [2.24, 2.45) is 10.2 Å². The maximum atomic E-state index is 5.76. The van der Waals surface area contributed by atoms with Crippen molar-refractivity contribution >= 4 is 34.6 Å². The molecule has 4 heteroatoms. The summed E-state index contributed by atoms with van der Waals surface area (Å²) in [5.41, 5.74) is 1.53. The molecule has 0 radical (unpaired) electrons. The predicted molar refractivity (Wildman–Crippen MR) is 67.1 cm³/mol. The van der Waals surface area contributed by atoms with E-state index in [0.29, 0.717) is 10.0 Å². The smallest absolute Gasteiger partial charge is 0.0858 e. The highest BCUT2D eigenvalue weighted by molar-refractivity contribution is 6.30. The van der Waals surface area contributed by atoms with E-state index in [-0.39, 0.29) is 0 Å². The van der Waals surface area contributed by atoms with Crippen molar-refractivity contribution in [2.45, 2.75) is 0 Å². The topological polar surface area (TPSA) is 24.7 Å². The quantitative estimate of drug-likeness (QED) is 0.637. The first-order valence-corrected chi connectivity index (χ1v) is 5.42. The molecule has 80 valence electrons. The van der Waals surface area contributed by atoms with E-state index in [9.17, 15) is 0 Å². The molecule has 2 nitrogen and oxygen atoms in total. The van der Waals surface area contributed by atoms with Crippen molar-refractivity contribution in [3.63, 3.8) is 0 Å². The molecule has 0 aliphatic heterocycles. The number of halogens is 2. The minimum atomic E-state index is 0.686. The molecule has 0 spiro atoms. The van der Waals surface area contributed by atoms with Gasteiger partial charge in [-0.15, -0.1) is 0 Å². The molecular formula is C12H8Cl2N2. The van der Waals surface area contributed by atoms with E-state index in [1.54, 1.807) is 24.3 Å². The Hall–Kier alpha value is -1.38. The molecular weight excluding hydrogens is 243 g/mol. The van der Waals surface area contributed by atoms with Gasteiger partial charge in [0.05, 0.1) is 11.4 Å². The largest absolute Gasteiger partial charge is 0.151 e. The normalized spacial score (nSPS) is 10.9. The van der Waals surface area contributed by atoms with Crippen molar-refractivity contribution in [3.05, 3.63) is 58.6 Å². The Bertz CT molecular complexity index is 442. The van der Waals surface area contributed by atoms with E-state index in [1.807, 2.05) is 24.3 Å². The standard InChI is InChI=1S/C12H8Cl2N2/c13-9-1-5-11(6-2-9)15-16-12-7-3-10(14)4-8-12/h1-8H/b16-15+. The minimum absolute atomic E-state index is 0.686. The molecule has 0 saturated heterocycles. The van der Waals surface area contributed by atoms with Gasteiger partial charge in [-0.3, -0.25) is 0 Å². The van der Waals surface area contributed by atoms with Gasteiger partial charge in [-0.2, -0.15) is 10.2 Å². The number of benzene rings is 2. The van der Waals surface area contributed by atoms with Gasteiger partial charge < -0.3 is 0 Å².